The second kappa shape index (κ2) is 8.04. The lowest BCUT2D eigenvalue weighted by atomic mass is 10.1. The van der Waals surface area contributed by atoms with Crippen LogP contribution >= 0.6 is 11.3 Å². The van der Waals surface area contributed by atoms with E-state index in [0.29, 0.717) is 23.6 Å². The maximum atomic E-state index is 13.0. The number of hydrogen-bond acceptors (Lipinski definition) is 6. The minimum absolute atomic E-state index is 0.00108. The highest BCUT2D eigenvalue weighted by Gasteiger charge is 2.27. The molecule has 2 aromatic rings. The van der Waals surface area contributed by atoms with Crippen molar-refractivity contribution >= 4 is 34.7 Å². The van der Waals surface area contributed by atoms with Gasteiger partial charge in [0.25, 0.3) is 5.91 Å². The fourth-order valence-corrected chi connectivity index (χ4v) is 4.13. The zero-order chi connectivity index (χ0) is 18.6. The molecule has 0 bridgehead atoms. The van der Waals surface area contributed by atoms with E-state index in [4.69, 9.17) is 0 Å². The molecule has 2 amide bonds. The van der Waals surface area contributed by atoms with Crippen LogP contribution in [-0.2, 0) is 11.3 Å². The van der Waals surface area contributed by atoms with Gasteiger partial charge in [-0.05, 0) is 18.9 Å². The Morgan fingerprint density at radius 3 is 2.67 bits per heavy atom. The van der Waals surface area contributed by atoms with Gasteiger partial charge in [-0.3, -0.25) is 9.59 Å². The van der Waals surface area contributed by atoms with Gasteiger partial charge >= 0.3 is 0 Å². The molecule has 0 aromatic carbocycles. The van der Waals surface area contributed by atoms with E-state index in [1.54, 1.807) is 22.7 Å². The van der Waals surface area contributed by atoms with Crippen LogP contribution < -0.4 is 10.2 Å². The molecule has 142 valence electrons. The molecule has 7 nitrogen and oxygen atoms in total. The van der Waals surface area contributed by atoms with Gasteiger partial charge in [-0.15, -0.1) is 11.3 Å². The number of pyridine rings is 1. The van der Waals surface area contributed by atoms with Gasteiger partial charge in [0, 0.05) is 24.7 Å². The molecule has 0 aliphatic carbocycles. The van der Waals surface area contributed by atoms with Crippen LogP contribution in [0.2, 0.25) is 0 Å². The molecule has 0 saturated carbocycles. The first-order chi connectivity index (χ1) is 13.2. The van der Waals surface area contributed by atoms with Crippen LogP contribution in [0.3, 0.4) is 0 Å². The van der Waals surface area contributed by atoms with E-state index >= 15 is 0 Å². The number of thiazole rings is 1. The number of amides is 2. The van der Waals surface area contributed by atoms with Crippen molar-refractivity contribution in [1.29, 1.82) is 0 Å². The first kappa shape index (κ1) is 17.9. The zero-order valence-corrected chi connectivity index (χ0v) is 16.0. The Bertz CT molecular complexity index is 816. The fourth-order valence-electron chi connectivity index (χ4n) is 3.59. The lowest BCUT2D eigenvalue weighted by molar-refractivity contribution is -0.117. The Labute approximate surface area is 162 Å². The van der Waals surface area contributed by atoms with E-state index in [1.807, 2.05) is 10.3 Å². The summed E-state index contributed by atoms with van der Waals surface area (Å²) in [6.07, 6.45) is 7.30. The summed E-state index contributed by atoms with van der Waals surface area (Å²) in [4.78, 5) is 37.8. The Morgan fingerprint density at radius 1 is 1.15 bits per heavy atom. The highest BCUT2D eigenvalue weighted by molar-refractivity contribution is 7.07. The molecule has 8 heteroatoms. The van der Waals surface area contributed by atoms with E-state index in [1.165, 1.54) is 30.6 Å². The maximum absolute atomic E-state index is 13.0. The zero-order valence-electron chi connectivity index (χ0n) is 15.2. The molecule has 0 spiro atoms. The van der Waals surface area contributed by atoms with Crippen LogP contribution in [0, 0.1) is 0 Å². The predicted molar refractivity (Wildman–Crippen MR) is 105 cm³/mol. The van der Waals surface area contributed by atoms with Crippen molar-refractivity contribution in [3.05, 3.63) is 34.4 Å². The number of anilines is 2. The molecule has 2 aliphatic heterocycles. The summed E-state index contributed by atoms with van der Waals surface area (Å²) in [5, 5.41) is 4.97. The molecular weight excluding hydrogens is 362 g/mol. The minimum atomic E-state index is -0.0480. The quantitative estimate of drug-likeness (QED) is 0.879. The normalized spacial score (nSPS) is 17.7. The number of nitrogens with one attached hydrogen (secondary N) is 1. The van der Waals surface area contributed by atoms with Crippen molar-refractivity contribution in [2.24, 2.45) is 0 Å². The van der Waals surface area contributed by atoms with E-state index in [-0.39, 0.29) is 18.4 Å². The molecule has 27 heavy (non-hydrogen) atoms. The number of rotatable bonds is 3. The number of carbonyl (C=O) groups is 2. The summed E-state index contributed by atoms with van der Waals surface area (Å²) >= 11 is 1.50. The monoisotopic (exact) mass is 385 g/mol. The van der Waals surface area contributed by atoms with Gasteiger partial charge in [-0.25, -0.2) is 9.97 Å². The van der Waals surface area contributed by atoms with Crippen molar-refractivity contribution in [3.8, 4) is 0 Å². The van der Waals surface area contributed by atoms with E-state index in [0.717, 1.165) is 31.6 Å². The smallest absolute Gasteiger partial charge is 0.255 e. The van der Waals surface area contributed by atoms with Gasteiger partial charge in [0.2, 0.25) is 5.91 Å². The molecule has 0 unspecified atom stereocenters. The first-order valence-corrected chi connectivity index (χ1v) is 10.4. The summed E-state index contributed by atoms with van der Waals surface area (Å²) in [5.41, 5.74) is 3.77. The molecule has 2 aliphatic rings. The number of aromatic nitrogens is 2. The SMILES string of the molecule is O=C(c1cnc2c(c1)N(Cc1cscn1)C(=O)CN2)N1CCCCCCC1. The standard InChI is InChI=1S/C19H23N5O2S/c25-17-10-21-18-16(24(17)11-15-12-27-13-22-15)8-14(9-20-18)19(26)23-6-4-2-1-3-5-7-23/h8-9,12-13H,1-7,10-11H2,(H,20,21). The minimum Gasteiger partial charge on any atom is -0.359 e. The van der Waals surface area contributed by atoms with Crippen LogP contribution in [0.25, 0.3) is 0 Å². The molecule has 0 atom stereocenters. The average molecular weight is 385 g/mol. The summed E-state index contributed by atoms with van der Waals surface area (Å²) in [6.45, 7) is 2.16. The topological polar surface area (TPSA) is 78.4 Å². The largest absolute Gasteiger partial charge is 0.359 e. The first-order valence-electron chi connectivity index (χ1n) is 9.43. The molecule has 4 rings (SSSR count). The molecule has 0 radical (unpaired) electrons. The second-order valence-corrected chi connectivity index (χ2v) is 7.68. The van der Waals surface area contributed by atoms with Crippen molar-refractivity contribution in [3.63, 3.8) is 0 Å². The highest BCUT2D eigenvalue weighted by atomic mass is 32.1. The van der Waals surface area contributed by atoms with Gasteiger partial charge in [-0.1, -0.05) is 19.3 Å². The summed E-state index contributed by atoms with van der Waals surface area (Å²) in [7, 11) is 0. The van der Waals surface area contributed by atoms with E-state index in [9.17, 15) is 9.59 Å². The van der Waals surface area contributed by atoms with Crippen molar-refractivity contribution in [1.82, 2.24) is 14.9 Å². The van der Waals surface area contributed by atoms with Gasteiger partial charge < -0.3 is 15.1 Å². The highest BCUT2D eigenvalue weighted by Crippen LogP contribution is 2.30. The van der Waals surface area contributed by atoms with Gasteiger partial charge in [0.05, 0.1) is 35.5 Å². The number of likely N-dealkylation sites (tertiary alicyclic amines) is 1. The van der Waals surface area contributed by atoms with Crippen LogP contribution in [-0.4, -0.2) is 46.3 Å². The summed E-state index contributed by atoms with van der Waals surface area (Å²) < 4.78 is 0. The van der Waals surface area contributed by atoms with E-state index < -0.39 is 0 Å². The van der Waals surface area contributed by atoms with Crippen molar-refractivity contribution < 1.29 is 9.59 Å². The van der Waals surface area contributed by atoms with Gasteiger partial charge in [0.1, 0.15) is 0 Å². The Morgan fingerprint density at radius 2 is 1.93 bits per heavy atom. The summed E-state index contributed by atoms with van der Waals surface area (Å²) in [6, 6.07) is 1.79. The average Bonchev–Trinajstić information content (AvgIpc) is 3.16. The molecule has 4 heterocycles. The number of fused-ring (bicyclic) bond motifs is 1. The van der Waals surface area contributed by atoms with Crippen LogP contribution in [0.15, 0.2) is 23.2 Å². The lowest BCUT2D eigenvalue weighted by Crippen LogP contribution is -2.40. The van der Waals surface area contributed by atoms with E-state index in [2.05, 4.69) is 15.3 Å². The number of nitrogens with zero attached hydrogens (tertiary/aromatic N) is 4. The van der Waals surface area contributed by atoms with Gasteiger partial charge in [-0.2, -0.15) is 0 Å². The van der Waals surface area contributed by atoms with Crippen LogP contribution in [0.4, 0.5) is 11.5 Å². The second-order valence-electron chi connectivity index (χ2n) is 6.96. The molecule has 1 fully saturated rings. The molecule has 1 saturated heterocycles. The van der Waals surface area contributed by atoms with Crippen LogP contribution in [0.1, 0.15) is 48.2 Å². The third-order valence-electron chi connectivity index (χ3n) is 5.06. The number of carbonyl (C=O) groups excluding carboxylic acids is 2. The van der Waals surface area contributed by atoms with Crippen LogP contribution in [0.5, 0.6) is 0 Å². The van der Waals surface area contributed by atoms with Crippen molar-refractivity contribution in [2.75, 3.05) is 29.9 Å². The third-order valence-corrected chi connectivity index (χ3v) is 5.70. The fraction of sp³-hybridized carbons (Fsp3) is 0.474. The van der Waals surface area contributed by atoms with Gasteiger partial charge in [0.15, 0.2) is 5.82 Å². The van der Waals surface area contributed by atoms with Crippen molar-refractivity contribution in [2.45, 2.75) is 38.6 Å². The maximum Gasteiger partial charge on any atom is 0.255 e. The Kier molecular flexibility index (Phi) is 5.33. The number of hydrogen-bond donors (Lipinski definition) is 1. The lowest BCUT2D eigenvalue weighted by Gasteiger charge is -2.30. The molecule has 1 N–H and O–H groups in total. The Balaban J connectivity index is 1.59. The molecular formula is C19H23N5O2S. The Hall–Kier alpha value is -2.48. The predicted octanol–water partition coefficient (Wildman–Crippen LogP) is 2.90. The molecule has 2 aromatic heterocycles. The summed E-state index contributed by atoms with van der Waals surface area (Å²) in [5.74, 6) is 0.584. The third kappa shape index (κ3) is 3.95.